The second-order valence-electron chi connectivity index (χ2n) is 5.35. The molecule has 0 fully saturated rings. The van der Waals surface area contributed by atoms with Crippen LogP contribution in [0, 0.1) is 0 Å². The van der Waals surface area contributed by atoms with Crippen LogP contribution < -0.4 is 5.73 Å². The third-order valence-corrected chi connectivity index (χ3v) is 3.64. The Kier molecular flexibility index (Phi) is 4.76. The number of benzene rings is 1. The van der Waals surface area contributed by atoms with Gasteiger partial charge in [0.05, 0.1) is 0 Å². The molecule has 0 saturated carbocycles. The van der Waals surface area contributed by atoms with Gasteiger partial charge in [-0.2, -0.15) is 22.0 Å². The van der Waals surface area contributed by atoms with Crippen LogP contribution >= 0.6 is 11.8 Å². The molecule has 1 aromatic rings. The zero-order valence-electron chi connectivity index (χ0n) is 11.3. The minimum atomic E-state index is -5.67. The molecule has 1 rings (SSSR count). The van der Waals surface area contributed by atoms with Crippen molar-refractivity contribution < 1.29 is 22.0 Å². The fraction of sp³-hybridized carbons (Fsp3) is 0.538. The number of nitrogens with two attached hydrogens (primary N) is 1. The number of hydrogen-bond donors (Lipinski definition) is 1. The van der Waals surface area contributed by atoms with Crippen molar-refractivity contribution in [1.29, 1.82) is 0 Å². The lowest BCUT2D eigenvalue weighted by Gasteiger charge is -2.28. The molecule has 0 aromatic heterocycles. The molecule has 0 bridgehead atoms. The highest BCUT2D eigenvalue weighted by Gasteiger charge is 2.62. The van der Waals surface area contributed by atoms with E-state index in [9.17, 15) is 22.0 Å². The molecule has 2 N–H and O–H groups in total. The SMILES string of the molecule is CC(C)(C)Sc1ccccc1[C@@H](N)C(F)(F)C(F)(F)F. The predicted octanol–water partition coefficient (Wildman–Crippen LogP) is 4.77. The fourth-order valence-electron chi connectivity index (χ4n) is 1.53. The normalized spacial score (nSPS) is 15.2. The molecule has 0 saturated heterocycles. The maximum atomic E-state index is 13.4. The van der Waals surface area contributed by atoms with Gasteiger partial charge < -0.3 is 5.73 Å². The monoisotopic (exact) mass is 313 g/mol. The summed E-state index contributed by atoms with van der Waals surface area (Å²) < 4.78 is 63.6. The minimum absolute atomic E-state index is 0.199. The number of thioether (sulfide) groups is 1. The maximum Gasteiger partial charge on any atom is 0.455 e. The van der Waals surface area contributed by atoms with Gasteiger partial charge in [-0.25, -0.2) is 0 Å². The Bertz CT molecular complexity index is 465. The van der Waals surface area contributed by atoms with Gasteiger partial charge in [-0.05, 0) is 11.6 Å². The summed E-state index contributed by atoms with van der Waals surface area (Å²) in [5.74, 6) is -4.97. The highest BCUT2D eigenvalue weighted by atomic mass is 32.2. The highest BCUT2D eigenvalue weighted by molar-refractivity contribution is 8.00. The van der Waals surface area contributed by atoms with Gasteiger partial charge in [0.1, 0.15) is 6.04 Å². The topological polar surface area (TPSA) is 26.0 Å². The molecule has 0 aliphatic carbocycles. The average molecular weight is 313 g/mol. The largest absolute Gasteiger partial charge is 0.455 e. The minimum Gasteiger partial charge on any atom is -0.319 e. The summed E-state index contributed by atoms with van der Waals surface area (Å²) in [5.41, 5.74) is 5.00. The molecular formula is C13H16F5NS. The average Bonchev–Trinajstić information content (AvgIpc) is 2.25. The van der Waals surface area contributed by atoms with E-state index in [1.807, 2.05) is 20.8 Å². The van der Waals surface area contributed by atoms with Gasteiger partial charge >= 0.3 is 12.1 Å². The first kappa shape index (κ1) is 17.2. The summed E-state index contributed by atoms with van der Waals surface area (Å²) in [6, 6.07) is 3.26. The second-order valence-corrected chi connectivity index (χ2v) is 7.22. The first-order valence-corrected chi connectivity index (χ1v) is 6.66. The second kappa shape index (κ2) is 5.52. The third-order valence-electron chi connectivity index (χ3n) is 2.44. The molecule has 0 aliphatic rings. The van der Waals surface area contributed by atoms with Crippen LogP contribution in [0.4, 0.5) is 22.0 Å². The lowest BCUT2D eigenvalue weighted by molar-refractivity contribution is -0.291. The van der Waals surface area contributed by atoms with Crippen molar-refractivity contribution in [3.05, 3.63) is 29.8 Å². The van der Waals surface area contributed by atoms with Crippen LogP contribution in [0.25, 0.3) is 0 Å². The van der Waals surface area contributed by atoms with Gasteiger partial charge in [0.2, 0.25) is 0 Å². The molecule has 0 radical (unpaired) electrons. The van der Waals surface area contributed by atoms with Crippen molar-refractivity contribution in [2.45, 2.75) is 48.6 Å². The zero-order chi connectivity index (χ0) is 15.8. The molecule has 114 valence electrons. The van der Waals surface area contributed by atoms with Gasteiger partial charge in [-0.3, -0.25) is 0 Å². The molecular weight excluding hydrogens is 297 g/mol. The van der Waals surface area contributed by atoms with Crippen molar-refractivity contribution >= 4 is 11.8 Å². The smallest absolute Gasteiger partial charge is 0.319 e. The van der Waals surface area contributed by atoms with Crippen LogP contribution in [0.5, 0.6) is 0 Å². The van der Waals surface area contributed by atoms with Gasteiger partial charge in [0, 0.05) is 9.64 Å². The van der Waals surface area contributed by atoms with E-state index in [2.05, 4.69) is 0 Å². The molecule has 1 aromatic carbocycles. The Morgan fingerprint density at radius 1 is 1.00 bits per heavy atom. The van der Waals surface area contributed by atoms with Crippen LogP contribution in [-0.2, 0) is 0 Å². The molecule has 1 atom stereocenters. The van der Waals surface area contributed by atoms with E-state index in [0.29, 0.717) is 4.90 Å². The Labute approximate surface area is 118 Å². The summed E-state index contributed by atoms with van der Waals surface area (Å²) in [6.07, 6.45) is -5.67. The molecule has 0 spiro atoms. The zero-order valence-corrected chi connectivity index (χ0v) is 12.1. The van der Waals surface area contributed by atoms with E-state index in [1.165, 1.54) is 30.0 Å². The number of rotatable bonds is 3. The van der Waals surface area contributed by atoms with Gasteiger partial charge in [-0.1, -0.05) is 39.0 Å². The molecule has 20 heavy (non-hydrogen) atoms. The van der Waals surface area contributed by atoms with Crippen molar-refractivity contribution in [1.82, 2.24) is 0 Å². The fourth-order valence-corrected chi connectivity index (χ4v) is 2.65. The van der Waals surface area contributed by atoms with E-state index < -0.39 is 18.1 Å². The molecule has 1 nitrogen and oxygen atoms in total. The Morgan fingerprint density at radius 2 is 1.50 bits per heavy atom. The quantitative estimate of drug-likeness (QED) is 0.642. The molecule has 0 heterocycles. The van der Waals surface area contributed by atoms with E-state index in [0.717, 1.165) is 0 Å². The lowest BCUT2D eigenvalue weighted by atomic mass is 10.0. The summed E-state index contributed by atoms with van der Waals surface area (Å²) in [4.78, 5) is 0.330. The Balaban J connectivity index is 3.20. The van der Waals surface area contributed by atoms with Gasteiger partial charge in [-0.15, -0.1) is 11.8 Å². The number of alkyl halides is 5. The molecule has 0 aliphatic heterocycles. The first-order valence-electron chi connectivity index (χ1n) is 5.84. The standard InChI is InChI=1S/C13H16F5NS/c1-11(2,3)20-9-7-5-4-6-8(9)10(19)12(14,15)13(16,17)18/h4-7,10H,19H2,1-3H3/t10-/m1/s1. The number of halogens is 5. The van der Waals surface area contributed by atoms with Crippen LogP contribution in [0.1, 0.15) is 32.4 Å². The van der Waals surface area contributed by atoms with Gasteiger partial charge in [0.25, 0.3) is 0 Å². The number of hydrogen-bond acceptors (Lipinski definition) is 2. The highest BCUT2D eigenvalue weighted by Crippen LogP contribution is 2.46. The van der Waals surface area contributed by atoms with Crippen molar-refractivity contribution in [2.24, 2.45) is 5.73 Å². The van der Waals surface area contributed by atoms with E-state index in [4.69, 9.17) is 5.73 Å². The van der Waals surface area contributed by atoms with Crippen molar-refractivity contribution in [3.63, 3.8) is 0 Å². The summed E-state index contributed by atoms with van der Waals surface area (Å²) >= 11 is 1.20. The maximum absolute atomic E-state index is 13.4. The van der Waals surface area contributed by atoms with Crippen LogP contribution in [-0.4, -0.2) is 16.8 Å². The van der Waals surface area contributed by atoms with Crippen LogP contribution in [0.3, 0.4) is 0 Å². The summed E-state index contributed by atoms with van der Waals surface area (Å²) in [7, 11) is 0. The third kappa shape index (κ3) is 3.85. The molecule has 0 unspecified atom stereocenters. The lowest BCUT2D eigenvalue weighted by Crippen LogP contribution is -2.46. The van der Waals surface area contributed by atoms with Gasteiger partial charge in [0.15, 0.2) is 0 Å². The Morgan fingerprint density at radius 3 is 1.95 bits per heavy atom. The van der Waals surface area contributed by atoms with Crippen LogP contribution in [0.15, 0.2) is 29.2 Å². The summed E-state index contributed by atoms with van der Waals surface area (Å²) in [6.45, 7) is 5.51. The van der Waals surface area contributed by atoms with Crippen molar-refractivity contribution in [2.75, 3.05) is 0 Å². The molecule has 0 amide bonds. The van der Waals surface area contributed by atoms with E-state index >= 15 is 0 Å². The molecule has 7 heteroatoms. The predicted molar refractivity (Wildman–Crippen MR) is 70.0 cm³/mol. The Hall–Kier alpha value is -0.820. The van der Waals surface area contributed by atoms with E-state index in [1.54, 1.807) is 6.07 Å². The summed E-state index contributed by atoms with van der Waals surface area (Å²) in [5, 5.41) is 0. The first-order chi connectivity index (χ1) is 8.86. The van der Waals surface area contributed by atoms with E-state index in [-0.39, 0.29) is 10.3 Å². The van der Waals surface area contributed by atoms with Crippen LogP contribution in [0.2, 0.25) is 0 Å². The van der Waals surface area contributed by atoms with Crippen molar-refractivity contribution in [3.8, 4) is 0 Å².